The highest BCUT2D eigenvalue weighted by molar-refractivity contribution is 7.19. The van der Waals surface area contributed by atoms with Crippen molar-refractivity contribution >= 4 is 44.6 Å². The summed E-state index contributed by atoms with van der Waals surface area (Å²) in [4.78, 5) is 1.03. The molecule has 0 bridgehead atoms. The maximum atomic E-state index is 13.2. The zero-order valence-corrected chi connectivity index (χ0v) is 13.3. The molecule has 0 amide bonds. The van der Waals surface area contributed by atoms with Crippen molar-refractivity contribution in [3.8, 4) is 0 Å². The maximum Gasteiger partial charge on any atom is 0.124 e. The highest BCUT2D eigenvalue weighted by Gasteiger charge is 2.12. The van der Waals surface area contributed by atoms with Crippen LogP contribution in [0.3, 0.4) is 0 Å². The van der Waals surface area contributed by atoms with Crippen LogP contribution in [0.15, 0.2) is 42.5 Å². The highest BCUT2D eigenvalue weighted by Crippen LogP contribution is 2.32. The Labute approximate surface area is 136 Å². The van der Waals surface area contributed by atoms with Crippen molar-refractivity contribution in [3.05, 3.63) is 68.8 Å². The van der Waals surface area contributed by atoms with Crippen LogP contribution in [0, 0.1) is 5.82 Å². The van der Waals surface area contributed by atoms with Gasteiger partial charge >= 0.3 is 0 Å². The van der Waals surface area contributed by atoms with E-state index in [1.54, 1.807) is 12.1 Å². The average molecular weight is 340 g/mol. The van der Waals surface area contributed by atoms with Crippen molar-refractivity contribution in [2.45, 2.75) is 12.5 Å². The summed E-state index contributed by atoms with van der Waals surface area (Å²) in [5, 5.41) is 2.08. The van der Waals surface area contributed by atoms with Gasteiger partial charge in [0.25, 0.3) is 0 Å². The second-order valence-electron chi connectivity index (χ2n) is 4.89. The molecule has 0 aliphatic heterocycles. The predicted molar refractivity (Wildman–Crippen MR) is 88.9 cm³/mol. The van der Waals surface area contributed by atoms with Gasteiger partial charge in [-0.25, -0.2) is 4.39 Å². The lowest BCUT2D eigenvalue weighted by Gasteiger charge is -2.10. The van der Waals surface area contributed by atoms with E-state index in [2.05, 4.69) is 0 Å². The fourth-order valence-electron chi connectivity index (χ4n) is 2.23. The van der Waals surface area contributed by atoms with Crippen molar-refractivity contribution in [2.24, 2.45) is 5.73 Å². The van der Waals surface area contributed by atoms with Crippen LogP contribution in [0.25, 0.3) is 10.1 Å². The first-order valence-corrected chi connectivity index (χ1v) is 7.98. The highest BCUT2D eigenvalue weighted by atomic mass is 35.5. The number of thiophene rings is 1. The van der Waals surface area contributed by atoms with E-state index >= 15 is 0 Å². The van der Waals surface area contributed by atoms with Crippen LogP contribution in [0.2, 0.25) is 10.0 Å². The minimum absolute atomic E-state index is 0.150. The molecule has 0 radical (unpaired) electrons. The molecule has 0 saturated carbocycles. The van der Waals surface area contributed by atoms with Gasteiger partial charge in [0.1, 0.15) is 5.82 Å². The number of halogens is 3. The van der Waals surface area contributed by atoms with E-state index in [9.17, 15) is 4.39 Å². The molecule has 21 heavy (non-hydrogen) atoms. The first-order chi connectivity index (χ1) is 10.0. The third-order valence-electron chi connectivity index (χ3n) is 3.31. The molecule has 2 N–H and O–H groups in total. The Kier molecular flexibility index (Phi) is 4.18. The molecule has 0 spiro atoms. The summed E-state index contributed by atoms with van der Waals surface area (Å²) >= 11 is 13.4. The van der Waals surface area contributed by atoms with Gasteiger partial charge < -0.3 is 5.73 Å². The van der Waals surface area contributed by atoms with E-state index < -0.39 is 0 Å². The van der Waals surface area contributed by atoms with Gasteiger partial charge in [-0.3, -0.25) is 0 Å². The molecular formula is C16H12Cl2FNS. The van der Waals surface area contributed by atoms with Gasteiger partial charge in [0, 0.05) is 15.6 Å². The Balaban J connectivity index is 1.85. The molecule has 0 aliphatic carbocycles. The van der Waals surface area contributed by atoms with Crippen molar-refractivity contribution in [2.75, 3.05) is 0 Å². The smallest absolute Gasteiger partial charge is 0.124 e. The fourth-order valence-corrected chi connectivity index (χ4v) is 3.64. The van der Waals surface area contributed by atoms with Crippen LogP contribution in [-0.2, 0) is 6.42 Å². The second kappa shape index (κ2) is 5.93. The molecule has 2 aromatic carbocycles. The summed E-state index contributed by atoms with van der Waals surface area (Å²) in [6.07, 6.45) is 0.659. The molecule has 0 fully saturated rings. The zero-order chi connectivity index (χ0) is 15.0. The van der Waals surface area contributed by atoms with Crippen LogP contribution in [-0.4, -0.2) is 0 Å². The summed E-state index contributed by atoms with van der Waals surface area (Å²) in [6.45, 7) is 0. The van der Waals surface area contributed by atoms with Gasteiger partial charge in [0.15, 0.2) is 0 Å². The predicted octanol–water partition coefficient (Wildman–Crippen LogP) is 5.59. The lowest BCUT2D eigenvalue weighted by molar-refractivity contribution is 0.630. The number of hydrogen-bond donors (Lipinski definition) is 1. The summed E-state index contributed by atoms with van der Waals surface area (Å²) in [5.41, 5.74) is 7.29. The van der Waals surface area contributed by atoms with E-state index in [-0.39, 0.29) is 11.9 Å². The fraction of sp³-hybridized carbons (Fsp3) is 0.125. The third-order valence-corrected chi connectivity index (χ3v) is 5.28. The maximum absolute atomic E-state index is 13.2. The van der Waals surface area contributed by atoms with Gasteiger partial charge in [-0.15, -0.1) is 11.3 Å². The van der Waals surface area contributed by atoms with Crippen molar-refractivity contribution in [3.63, 3.8) is 0 Å². The van der Waals surface area contributed by atoms with E-state index in [1.807, 2.05) is 18.2 Å². The molecule has 1 atom stereocenters. The summed E-state index contributed by atoms with van der Waals surface area (Å²) in [6, 6.07) is 12.2. The Morgan fingerprint density at radius 3 is 2.62 bits per heavy atom. The molecule has 0 aliphatic rings. The molecule has 0 saturated heterocycles. The normalized spacial score (nSPS) is 12.8. The molecule has 1 unspecified atom stereocenters. The van der Waals surface area contributed by atoms with E-state index in [0.29, 0.717) is 16.5 Å². The number of fused-ring (bicyclic) bond motifs is 1. The molecule has 1 aromatic heterocycles. The first-order valence-electron chi connectivity index (χ1n) is 6.41. The Morgan fingerprint density at radius 2 is 1.86 bits per heavy atom. The lowest BCUT2D eigenvalue weighted by atomic mass is 10.1. The van der Waals surface area contributed by atoms with Crippen LogP contribution in [0.1, 0.15) is 16.5 Å². The third kappa shape index (κ3) is 3.22. The molecule has 3 rings (SSSR count). The Bertz CT molecular complexity index is 800. The minimum atomic E-state index is -0.228. The molecule has 1 heterocycles. The second-order valence-corrected chi connectivity index (χ2v) is 6.82. The van der Waals surface area contributed by atoms with E-state index in [1.165, 1.54) is 23.5 Å². The largest absolute Gasteiger partial charge is 0.323 e. The van der Waals surface area contributed by atoms with Crippen LogP contribution in [0.4, 0.5) is 4.39 Å². The quantitative estimate of drug-likeness (QED) is 0.661. The van der Waals surface area contributed by atoms with Gasteiger partial charge in [-0.2, -0.15) is 0 Å². The first kappa shape index (κ1) is 14.8. The van der Waals surface area contributed by atoms with Gasteiger partial charge in [-0.1, -0.05) is 35.3 Å². The molecule has 1 nitrogen and oxygen atoms in total. The molecule has 108 valence electrons. The number of hydrogen-bond acceptors (Lipinski definition) is 2. The standard InChI is InChI=1S/C16H12Cl2FNS/c17-12-4-1-9(5-13(12)18)6-14(20)16-7-10-2-3-11(19)8-15(10)21-16/h1-5,7-8,14H,6,20H2. The Hall–Kier alpha value is -1.13. The Morgan fingerprint density at radius 1 is 1.05 bits per heavy atom. The van der Waals surface area contributed by atoms with Crippen molar-refractivity contribution < 1.29 is 4.39 Å². The van der Waals surface area contributed by atoms with E-state index in [4.69, 9.17) is 28.9 Å². The lowest BCUT2D eigenvalue weighted by Crippen LogP contribution is -2.11. The average Bonchev–Trinajstić information content (AvgIpc) is 2.86. The van der Waals surface area contributed by atoms with Gasteiger partial charge in [0.05, 0.1) is 10.0 Å². The van der Waals surface area contributed by atoms with Crippen molar-refractivity contribution in [1.82, 2.24) is 0 Å². The van der Waals surface area contributed by atoms with Gasteiger partial charge in [0.2, 0.25) is 0 Å². The SMILES string of the molecule is NC(Cc1ccc(Cl)c(Cl)c1)c1cc2ccc(F)cc2s1. The summed E-state index contributed by atoms with van der Waals surface area (Å²) in [7, 11) is 0. The van der Waals surface area contributed by atoms with Crippen molar-refractivity contribution in [1.29, 1.82) is 0 Å². The topological polar surface area (TPSA) is 26.0 Å². The minimum Gasteiger partial charge on any atom is -0.323 e. The molecular weight excluding hydrogens is 328 g/mol. The van der Waals surface area contributed by atoms with Crippen LogP contribution < -0.4 is 5.73 Å². The van der Waals surface area contributed by atoms with E-state index in [0.717, 1.165) is 20.5 Å². The summed E-state index contributed by atoms with van der Waals surface area (Å²) in [5.74, 6) is -0.228. The van der Waals surface area contributed by atoms with Gasteiger partial charge in [-0.05, 0) is 47.7 Å². The number of rotatable bonds is 3. The number of nitrogens with two attached hydrogens (primary N) is 1. The number of benzene rings is 2. The van der Waals surface area contributed by atoms with Crippen LogP contribution >= 0.6 is 34.5 Å². The van der Waals surface area contributed by atoms with Crippen LogP contribution in [0.5, 0.6) is 0 Å². The molecule has 5 heteroatoms. The monoisotopic (exact) mass is 339 g/mol. The summed E-state index contributed by atoms with van der Waals surface area (Å²) < 4.78 is 14.1. The molecule has 3 aromatic rings. The zero-order valence-electron chi connectivity index (χ0n) is 10.9.